The number of fused-ring (bicyclic) bond motifs is 1. The topological polar surface area (TPSA) is 42.0 Å². The van der Waals surface area contributed by atoms with Crippen molar-refractivity contribution in [3.8, 4) is 0 Å². The molecule has 0 saturated heterocycles. The number of carbonyl (C=O) groups excluding carboxylic acids is 1. The summed E-state index contributed by atoms with van der Waals surface area (Å²) in [7, 11) is 0. The van der Waals surface area contributed by atoms with Crippen LogP contribution >= 0.6 is 11.6 Å². The molecular weight excluding hydrogens is 272 g/mol. The summed E-state index contributed by atoms with van der Waals surface area (Å²) in [6, 6.07) is 9.40. The Labute approximate surface area is 123 Å². The van der Waals surface area contributed by atoms with Gasteiger partial charge in [0.2, 0.25) is 0 Å². The highest BCUT2D eigenvalue weighted by molar-refractivity contribution is 6.30. The lowest BCUT2D eigenvalue weighted by Crippen LogP contribution is -2.33. The van der Waals surface area contributed by atoms with E-state index in [1.807, 2.05) is 24.3 Å². The normalized spacial score (nSPS) is 16.1. The summed E-state index contributed by atoms with van der Waals surface area (Å²) in [5, 5.41) is 4.25. The number of halogens is 1. The Morgan fingerprint density at radius 1 is 1.45 bits per heavy atom. The quantitative estimate of drug-likeness (QED) is 0.869. The van der Waals surface area contributed by atoms with Crippen LogP contribution in [-0.2, 0) is 0 Å². The summed E-state index contributed by atoms with van der Waals surface area (Å²) in [6.45, 7) is 2.06. The molecule has 0 spiro atoms. The van der Waals surface area contributed by atoms with Gasteiger partial charge in [0.1, 0.15) is 5.15 Å². The van der Waals surface area contributed by atoms with E-state index >= 15 is 0 Å². The molecule has 20 heavy (non-hydrogen) atoms. The van der Waals surface area contributed by atoms with Crippen molar-refractivity contribution >= 4 is 28.4 Å². The summed E-state index contributed by atoms with van der Waals surface area (Å²) in [4.78, 5) is 16.7. The van der Waals surface area contributed by atoms with Crippen molar-refractivity contribution in [2.24, 2.45) is 5.92 Å². The predicted molar refractivity (Wildman–Crippen MR) is 81.0 cm³/mol. The largest absolute Gasteiger partial charge is 0.350 e. The van der Waals surface area contributed by atoms with Crippen LogP contribution in [-0.4, -0.2) is 16.9 Å². The number of para-hydroxylation sites is 1. The Hall–Kier alpha value is -1.61. The van der Waals surface area contributed by atoms with Gasteiger partial charge in [0.15, 0.2) is 0 Å². The molecule has 3 nitrogen and oxygen atoms in total. The molecule has 1 atom stereocenters. The van der Waals surface area contributed by atoms with Gasteiger partial charge in [-0.3, -0.25) is 4.79 Å². The van der Waals surface area contributed by atoms with E-state index < -0.39 is 0 Å². The van der Waals surface area contributed by atoms with Crippen LogP contribution in [0.1, 0.15) is 36.5 Å². The molecule has 1 aromatic heterocycles. The fraction of sp³-hybridized carbons (Fsp3) is 0.375. The predicted octanol–water partition coefficient (Wildman–Crippen LogP) is 3.81. The van der Waals surface area contributed by atoms with E-state index in [0.29, 0.717) is 10.7 Å². The lowest BCUT2D eigenvalue weighted by atomic mass is 10.1. The molecule has 0 radical (unpaired) electrons. The van der Waals surface area contributed by atoms with Gasteiger partial charge in [0.05, 0.1) is 11.1 Å². The van der Waals surface area contributed by atoms with E-state index in [-0.39, 0.29) is 11.9 Å². The molecule has 4 heteroatoms. The molecule has 1 aromatic carbocycles. The third kappa shape index (κ3) is 2.93. The smallest absolute Gasteiger partial charge is 0.252 e. The molecule has 1 N–H and O–H groups in total. The van der Waals surface area contributed by atoms with Gasteiger partial charge in [-0.25, -0.2) is 4.98 Å². The molecule has 104 valence electrons. The average Bonchev–Trinajstić information content (AvgIpc) is 3.21. The van der Waals surface area contributed by atoms with Gasteiger partial charge in [-0.2, -0.15) is 0 Å². The minimum Gasteiger partial charge on any atom is -0.350 e. The van der Waals surface area contributed by atoms with E-state index in [2.05, 4.69) is 17.2 Å². The van der Waals surface area contributed by atoms with Crippen LogP contribution in [0.5, 0.6) is 0 Å². The third-order valence-electron chi connectivity index (χ3n) is 3.69. The second kappa shape index (κ2) is 5.41. The van der Waals surface area contributed by atoms with E-state index in [4.69, 9.17) is 11.6 Å². The van der Waals surface area contributed by atoms with Gasteiger partial charge in [0, 0.05) is 11.4 Å². The standard InChI is InChI=1S/C16H17ClN2O/c1-10(8-11-6-7-11)18-16(20)13-9-15(17)19-14-5-3-2-4-12(13)14/h2-5,9-11H,6-8H2,1H3,(H,18,20). The minimum absolute atomic E-state index is 0.0707. The highest BCUT2D eigenvalue weighted by Gasteiger charge is 2.24. The van der Waals surface area contributed by atoms with E-state index in [0.717, 1.165) is 23.2 Å². The SMILES string of the molecule is CC(CC1CC1)NC(=O)c1cc(Cl)nc2ccccc12. The number of aromatic nitrogens is 1. The number of rotatable bonds is 4. The van der Waals surface area contributed by atoms with Gasteiger partial charge < -0.3 is 5.32 Å². The summed E-state index contributed by atoms with van der Waals surface area (Å²) < 4.78 is 0. The molecule has 1 saturated carbocycles. The first-order valence-electron chi connectivity index (χ1n) is 6.99. The number of carbonyl (C=O) groups is 1. The summed E-state index contributed by atoms with van der Waals surface area (Å²) in [5.74, 6) is 0.724. The zero-order chi connectivity index (χ0) is 14.1. The Balaban J connectivity index is 1.86. The molecule has 1 unspecified atom stereocenters. The Kier molecular flexibility index (Phi) is 3.62. The van der Waals surface area contributed by atoms with E-state index in [1.165, 1.54) is 12.8 Å². The Bertz CT molecular complexity index is 652. The van der Waals surface area contributed by atoms with Gasteiger partial charge in [0.25, 0.3) is 5.91 Å². The molecular formula is C16H17ClN2O. The summed E-state index contributed by atoms with van der Waals surface area (Å²) in [6.07, 6.45) is 3.65. The maximum absolute atomic E-state index is 12.4. The van der Waals surface area contributed by atoms with Crippen LogP contribution in [0, 0.1) is 5.92 Å². The number of nitrogens with zero attached hydrogens (tertiary/aromatic N) is 1. The number of hydrogen-bond acceptors (Lipinski definition) is 2. The first-order valence-corrected chi connectivity index (χ1v) is 7.37. The number of benzene rings is 1. The third-order valence-corrected chi connectivity index (χ3v) is 3.88. The van der Waals surface area contributed by atoms with Crippen molar-refractivity contribution in [1.82, 2.24) is 10.3 Å². The monoisotopic (exact) mass is 288 g/mol. The molecule has 2 aromatic rings. The van der Waals surface area contributed by atoms with E-state index in [9.17, 15) is 4.79 Å². The van der Waals surface area contributed by atoms with Crippen LogP contribution in [0.15, 0.2) is 30.3 Å². The first-order chi connectivity index (χ1) is 9.63. The van der Waals surface area contributed by atoms with Crippen LogP contribution in [0.25, 0.3) is 10.9 Å². The minimum atomic E-state index is -0.0707. The lowest BCUT2D eigenvalue weighted by Gasteiger charge is -2.14. The van der Waals surface area contributed by atoms with Crippen molar-refractivity contribution in [2.45, 2.75) is 32.2 Å². The molecule has 3 rings (SSSR count). The fourth-order valence-corrected chi connectivity index (χ4v) is 2.75. The first kappa shape index (κ1) is 13.4. The summed E-state index contributed by atoms with van der Waals surface area (Å²) in [5.41, 5.74) is 1.35. The Morgan fingerprint density at radius 2 is 2.20 bits per heavy atom. The molecule has 0 aliphatic heterocycles. The van der Waals surface area contributed by atoms with Crippen molar-refractivity contribution in [3.05, 3.63) is 41.0 Å². The van der Waals surface area contributed by atoms with Crippen LogP contribution < -0.4 is 5.32 Å². The van der Waals surface area contributed by atoms with Crippen molar-refractivity contribution in [2.75, 3.05) is 0 Å². The fourth-order valence-electron chi connectivity index (χ4n) is 2.54. The van der Waals surface area contributed by atoms with E-state index in [1.54, 1.807) is 6.07 Å². The highest BCUT2D eigenvalue weighted by Crippen LogP contribution is 2.33. The van der Waals surface area contributed by atoms with Crippen molar-refractivity contribution in [3.63, 3.8) is 0 Å². The maximum atomic E-state index is 12.4. The molecule has 1 heterocycles. The maximum Gasteiger partial charge on any atom is 0.252 e. The molecule has 1 aliphatic carbocycles. The zero-order valence-electron chi connectivity index (χ0n) is 11.4. The number of amides is 1. The highest BCUT2D eigenvalue weighted by atomic mass is 35.5. The Morgan fingerprint density at radius 3 is 2.95 bits per heavy atom. The zero-order valence-corrected chi connectivity index (χ0v) is 12.2. The van der Waals surface area contributed by atoms with Gasteiger partial charge in [-0.15, -0.1) is 0 Å². The average molecular weight is 289 g/mol. The van der Waals surface area contributed by atoms with Crippen LogP contribution in [0.3, 0.4) is 0 Å². The number of pyridine rings is 1. The second-order valence-electron chi connectivity index (χ2n) is 5.56. The van der Waals surface area contributed by atoms with Gasteiger partial charge >= 0.3 is 0 Å². The molecule has 1 fully saturated rings. The number of hydrogen-bond donors (Lipinski definition) is 1. The van der Waals surface area contributed by atoms with Gasteiger partial charge in [-0.05, 0) is 31.4 Å². The molecule has 1 aliphatic rings. The molecule has 1 amide bonds. The van der Waals surface area contributed by atoms with Gasteiger partial charge in [-0.1, -0.05) is 42.6 Å². The number of nitrogens with one attached hydrogen (secondary N) is 1. The van der Waals surface area contributed by atoms with Crippen LogP contribution in [0.2, 0.25) is 5.15 Å². The van der Waals surface area contributed by atoms with Crippen LogP contribution in [0.4, 0.5) is 0 Å². The van der Waals surface area contributed by atoms with Crippen molar-refractivity contribution < 1.29 is 4.79 Å². The lowest BCUT2D eigenvalue weighted by molar-refractivity contribution is 0.0939. The summed E-state index contributed by atoms with van der Waals surface area (Å²) >= 11 is 6.01. The van der Waals surface area contributed by atoms with Crippen molar-refractivity contribution in [1.29, 1.82) is 0 Å². The molecule has 0 bridgehead atoms. The second-order valence-corrected chi connectivity index (χ2v) is 5.95.